The van der Waals surface area contributed by atoms with Crippen LogP contribution in [0.15, 0.2) is 54.3 Å². The van der Waals surface area contributed by atoms with Crippen LogP contribution in [-0.4, -0.2) is 41.9 Å². The van der Waals surface area contributed by atoms with Crippen LogP contribution in [0.2, 0.25) is 0 Å². The van der Waals surface area contributed by atoms with Crippen LogP contribution in [0.1, 0.15) is 11.4 Å². The van der Waals surface area contributed by atoms with Crippen LogP contribution >= 0.6 is 0 Å². The molecule has 0 radical (unpaired) electrons. The summed E-state index contributed by atoms with van der Waals surface area (Å²) >= 11 is 0. The van der Waals surface area contributed by atoms with Gasteiger partial charge in [-0.05, 0) is 30.3 Å². The Bertz CT molecular complexity index is 1140. The quantitative estimate of drug-likeness (QED) is 0.267. The summed E-state index contributed by atoms with van der Waals surface area (Å²) in [5.74, 6) is 0.251. The minimum atomic E-state index is -0.693. The molecule has 3 rings (SSSR count). The largest absolute Gasteiger partial charge is 0.507 e. The van der Waals surface area contributed by atoms with Crippen LogP contribution in [0, 0.1) is 11.3 Å². The molecule has 0 amide bonds. The number of methoxy groups -OCH3 is 2. The number of ether oxygens (including phenoxy) is 3. The molecule has 1 aromatic heterocycles. The topological polar surface area (TPSA) is 117 Å². The van der Waals surface area contributed by atoms with Crippen molar-refractivity contribution < 1.29 is 24.1 Å². The summed E-state index contributed by atoms with van der Waals surface area (Å²) in [6.45, 7) is -0.469. The monoisotopic (exact) mass is 405 g/mol. The third-order valence-corrected chi connectivity index (χ3v) is 4.22. The van der Waals surface area contributed by atoms with E-state index in [4.69, 9.17) is 14.2 Å². The molecule has 0 saturated carbocycles. The molecule has 2 N–H and O–H groups in total. The zero-order valence-electron chi connectivity index (χ0n) is 16.4. The zero-order valence-corrected chi connectivity index (χ0v) is 16.4. The summed E-state index contributed by atoms with van der Waals surface area (Å²) in [6.07, 6.45) is 2.72. The van der Waals surface area contributed by atoms with Gasteiger partial charge in [-0.2, -0.15) is 5.26 Å². The Morgan fingerprint density at radius 2 is 2.03 bits per heavy atom. The summed E-state index contributed by atoms with van der Waals surface area (Å²) in [6, 6.07) is 14.3. The highest BCUT2D eigenvalue weighted by Crippen LogP contribution is 2.25. The molecule has 0 aliphatic carbocycles. The van der Waals surface area contributed by atoms with Crippen LogP contribution in [0.3, 0.4) is 0 Å². The number of carbonyl (C=O) groups excluding carboxylic acids is 1. The van der Waals surface area contributed by atoms with Crippen molar-refractivity contribution in [1.29, 1.82) is 5.26 Å². The molecule has 0 fully saturated rings. The minimum absolute atomic E-state index is 0.0974. The summed E-state index contributed by atoms with van der Waals surface area (Å²) < 4.78 is 15.4. The van der Waals surface area contributed by atoms with Crippen molar-refractivity contribution in [1.82, 2.24) is 9.97 Å². The first-order valence-electron chi connectivity index (χ1n) is 8.90. The molecule has 8 heteroatoms. The second-order valence-electron chi connectivity index (χ2n) is 6.08. The van der Waals surface area contributed by atoms with Gasteiger partial charge in [-0.25, -0.2) is 9.78 Å². The molecule has 3 aromatic rings. The number of nitrogens with one attached hydrogen (secondary N) is 1. The maximum Gasteiger partial charge on any atom is 0.331 e. The first kappa shape index (κ1) is 20.5. The number of hydrogen-bond acceptors (Lipinski definition) is 7. The van der Waals surface area contributed by atoms with Crippen molar-refractivity contribution in [3.05, 3.63) is 65.7 Å². The molecule has 0 aliphatic heterocycles. The standard InChI is InChI=1S/C22H19N3O5/c1-28-15-9-7-14(20(11-15)29-2)8-10-21(27)30-13-19(26)16(12-23)22-24-17-5-3-4-6-18(17)25-22/h3-11,26H,13H2,1-2H3,(H,24,25)/b10-8?,19-16-. The number of benzene rings is 2. The molecule has 30 heavy (non-hydrogen) atoms. The van der Waals surface area contributed by atoms with Gasteiger partial charge >= 0.3 is 5.97 Å². The SMILES string of the molecule is COc1ccc(C=CC(=O)OC/C(O)=C(\C#N)c2nc3ccccc3[nH]2)c(OC)c1. The van der Waals surface area contributed by atoms with Crippen molar-refractivity contribution in [2.45, 2.75) is 0 Å². The highest BCUT2D eigenvalue weighted by Gasteiger charge is 2.14. The van der Waals surface area contributed by atoms with Crippen molar-refractivity contribution >= 4 is 28.7 Å². The molecule has 0 spiro atoms. The van der Waals surface area contributed by atoms with Gasteiger partial charge in [0.25, 0.3) is 0 Å². The molecule has 8 nitrogen and oxygen atoms in total. The highest BCUT2D eigenvalue weighted by molar-refractivity contribution is 5.88. The van der Waals surface area contributed by atoms with Crippen molar-refractivity contribution in [3.8, 4) is 17.6 Å². The molecule has 0 atom stereocenters. The maximum atomic E-state index is 12.0. The van der Waals surface area contributed by atoms with Crippen molar-refractivity contribution in [2.75, 3.05) is 20.8 Å². The number of allylic oxidation sites excluding steroid dienone is 1. The number of aliphatic hydroxyl groups is 1. The van der Waals surface area contributed by atoms with E-state index in [-0.39, 0.29) is 11.4 Å². The van der Waals surface area contributed by atoms with E-state index >= 15 is 0 Å². The molecule has 0 unspecified atom stereocenters. The number of H-pyrrole nitrogens is 1. The lowest BCUT2D eigenvalue weighted by Crippen LogP contribution is -2.06. The maximum absolute atomic E-state index is 12.0. The molecule has 0 bridgehead atoms. The van der Waals surface area contributed by atoms with Gasteiger partial charge in [0, 0.05) is 17.7 Å². The first-order chi connectivity index (χ1) is 14.5. The molecule has 0 saturated heterocycles. The van der Waals surface area contributed by atoms with Gasteiger partial charge in [-0.1, -0.05) is 12.1 Å². The Balaban J connectivity index is 1.70. The number of para-hydroxylation sites is 2. The molecular weight excluding hydrogens is 386 g/mol. The highest BCUT2D eigenvalue weighted by atomic mass is 16.5. The predicted octanol–water partition coefficient (Wildman–Crippen LogP) is 3.63. The zero-order chi connectivity index (χ0) is 21.5. The minimum Gasteiger partial charge on any atom is -0.507 e. The molecule has 2 aromatic carbocycles. The van der Waals surface area contributed by atoms with Gasteiger partial charge in [-0.3, -0.25) is 0 Å². The van der Waals surface area contributed by atoms with E-state index in [1.165, 1.54) is 19.3 Å². The number of nitrogens with zero attached hydrogens (tertiary/aromatic N) is 2. The lowest BCUT2D eigenvalue weighted by Gasteiger charge is -2.07. The average molecular weight is 405 g/mol. The van der Waals surface area contributed by atoms with E-state index in [1.807, 2.05) is 18.2 Å². The lowest BCUT2D eigenvalue weighted by atomic mass is 10.2. The van der Waals surface area contributed by atoms with E-state index in [0.29, 0.717) is 22.6 Å². The van der Waals surface area contributed by atoms with Gasteiger partial charge in [0.2, 0.25) is 0 Å². The van der Waals surface area contributed by atoms with Gasteiger partial charge in [0.05, 0.1) is 25.3 Å². The number of carbonyl (C=O) groups is 1. The van der Waals surface area contributed by atoms with Crippen molar-refractivity contribution in [3.63, 3.8) is 0 Å². The Morgan fingerprint density at radius 1 is 1.23 bits per heavy atom. The van der Waals surface area contributed by atoms with Crippen molar-refractivity contribution in [2.24, 2.45) is 0 Å². The Labute approximate surface area is 172 Å². The second kappa shape index (κ2) is 9.30. The second-order valence-corrected chi connectivity index (χ2v) is 6.08. The van der Waals surface area contributed by atoms with E-state index in [1.54, 1.807) is 37.4 Å². The number of hydrogen-bond donors (Lipinski definition) is 2. The number of rotatable bonds is 7. The predicted molar refractivity (Wildman–Crippen MR) is 111 cm³/mol. The van der Waals surface area contributed by atoms with Gasteiger partial charge in [0.1, 0.15) is 29.7 Å². The third-order valence-electron chi connectivity index (χ3n) is 4.22. The lowest BCUT2D eigenvalue weighted by molar-refractivity contribution is -0.137. The van der Waals surface area contributed by atoms with Gasteiger partial charge in [0.15, 0.2) is 11.6 Å². The van der Waals surface area contributed by atoms with E-state index < -0.39 is 18.3 Å². The van der Waals surface area contributed by atoms with Crippen LogP contribution in [0.25, 0.3) is 22.7 Å². The summed E-state index contributed by atoms with van der Waals surface area (Å²) in [7, 11) is 3.05. The Morgan fingerprint density at radius 3 is 2.73 bits per heavy atom. The summed E-state index contributed by atoms with van der Waals surface area (Å²) in [4.78, 5) is 19.2. The van der Waals surface area contributed by atoms with E-state index in [2.05, 4.69) is 9.97 Å². The number of aromatic nitrogens is 2. The normalized spacial score (nSPS) is 11.8. The van der Waals surface area contributed by atoms with Crippen LogP contribution < -0.4 is 9.47 Å². The number of fused-ring (bicyclic) bond motifs is 1. The van der Waals surface area contributed by atoms with Crippen LogP contribution in [0.4, 0.5) is 0 Å². The fourth-order valence-electron chi connectivity index (χ4n) is 2.70. The van der Waals surface area contributed by atoms with Gasteiger partial charge in [-0.15, -0.1) is 0 Å². The molecule has 152 valence electrons. The molecule has 1 heterocycles. The molecular formula is C22H19N3O5. The molecule has 0 aliphatic rings. The van der Waals surface area contributed by atoms with Crippen LogP contribution in [0.5, 0.6) is 11.5 Å². The third kappa shape index (κ3) is 4.59. The van der Waals surface area contributed by atoms with E-state index in [0.717, 1.165) is 5.52 Å². The smallest absolute Gasteiger partial charge is 0.331 e. The Hall–Kier alpha value is -4.25. The summed E-state index contributed by atoms with van der Waals surface area (Å²) in [5, 5.41) is 19.6. The number of aromatic amines is 1. The number of esters is 1. The van der Waals surface area contributed by atoms with Crippen LogP contribution in [-0.2, 0) is 9.53 Å². The number of aliphatic hydroxyl groups excluding tert-OH is 1. The number of nitriles is 1. The Kier molecular flexibility index (Phi) is 6.35. The fraction of sp³-hybridized carbons (Fsp3) is 0.136. The average Bonchev–Trinajstić information content (AvgIpc) is 3.20. The van der Waals surface area contributed by atoms with E-state index in [9.17, 15) is 15.2 Å². The fourth-order valence-corrected chi connectivity index (χ4v) is 2.70. The number of imidazole rings is 1. The van der Waals surface area contributed by atoms with Gasteiger partial charge < -0.3 is 24.3 Å². The summed E-state index contributed by atoms with van der Waals surface area (Å²) in [5.41, 5.74) is 1.93. The first-order valence-corrected chi connectivity index (χ1v) is 8.90.